The maximum atomic E-state index is 12.0. The number of aliphatic hydroxyl groups is 1. The number of nitro benzene ring substituents is 1. The third kappa shape index (κ3) is 3.54. The maximum absolute atomic E-state index is 12.0. The van der Waals surface area contributed by atoms with E-state index in [-0.39, 0.29) is 24.7 Å². The Labute approximate surface area is 124 Å². The molecule has 2 N–H and O–H groups in total. The number of benzene rings is 1. The smallest absolute Gasteiger partial charge is 0.270 e. The Kier molecular flexibility index (Phi) is 4.84. The van der Waals surface area contributed by atoms with Crippen LogP contribution < -0.4 is 5.32 Å². The number of rotatable bonds is 6. The summed E-state index contributed by atoms with van der Waals surface area (Å²) < 4.78 is 5.75. The molecule has 0 saturated heterocycles. The topological polar surface area (TPSA) is 102 Å². The van der Waals surface area contributed by atoms with Crippen molar-refractivity contribution in [1.29, 1.82) is 0 Å². The summed E-state index contributed by atoms with van der Waals surface area (Å²) in [7, 11) is 1.45. The van der Waals surface area contributed by atoms with Crippen LogP contribution in [0.5, 0.6) is 0 Å². The van der Waals surface area contributed by atoms with Crippen molar-refractivity contribution in [2.45, 2.75) is 6.10 Å². The Hall–Kier alpha value is -2.03. The van der Waals surface area contributed by atoms with E-state index in [4.69, 9.17) is 9.84 Å². The number of fused-ring (bicyclic) bond motifs is 1. The number of hydrogen-bond acceptors (Lipinski definition) is 6. The fraction of sp³-hybridized carbons (Fsp3) is 0.308. The van der Waals surface area contributed by atoms with E-state index < -0.39 is 11.0 Å². The van der Waals surface area contributed by atoms with Gasteiger partial charge in [0, 0.05) is 35.9 Å². The Morgan fingerprint density at radius 2 is 2.29 bits per heavy atom. The van der Waals surface area contributed by atoms with Gasteiger partial charge in [-0.1, -0.05) is 0 Å². The molecule has 2 rings (SSSR count). The van der Waals surface area contributed by atoms with Crippen molar-refractivity contribution in [3.05, 3.63) is 39.3 Å². The second-order valence-corrected chi connectivity index (χ2v) is 5.42. The van der Waals surface area contributed by atoms with Gasteiger partial charge < -0.3 is 15.2 Å². The molecule has 1 aromatic heterocycles. The number of ether oxygens (including phenoxy) is 1. The van der Waals surface area contributed by atoms with Gasteiger partial charge in [-0.3, -0.25) is 14.9 Å². The number of carbonyl (C=O) groups excluding carboxylic acids is 1. The third-order valence-corrected chi connectivity index (χ3v) is 4.08. The van der Waals surface area contributed by atoms with Gasteiger partial charge in [0.25, 0.3) is 11.6 Å². The van der Waals surface area contributed by atoms with Crippen LogP contribution in [0.1, 0.15) is 9.67 Å². The molecule has 0 bridgehead atoms. The lowest BCUT2D eigenvalue weighted by atomic mass is 10.2. The van der Waals surface area contributed by atoms with E-state index in [1.54, 1.807) is 12.1 Å². The van der Waals surface area contributed by atoms with E-state index in [0.29, 0.717) is 10.3 Å². The van der Waals surface area contributed by atoms with Crippen molar-refractivity contribution in [3.8, 4) is 0 Å². The Morgan fingerprint density at radius 3 is 2.90 bits per heavy atom. The first-order valence-corrected chi connectivity index (χ1v) is 6.96. The van der Waals surface area contributed by atoms with Crippen LogP contribution in [0.15, 0.2) is 24.3 Å². The monoisotopic (exact) mass is 310 g/mol. The van der Waals surface area contributed by atoms with Crippen LogP contribution in [-0.4, -0.2) is 42.3 Å². The van der Waals surface area contributed by atoms with Crippen LogP contribution >= 0.6 is 11.3 Å². The van der Waals surface area contributed by atoms with Gasteiger partial charge in [0.2, 0.25) is 0 Å². The summed E-state index contributed by atoms with van der Waals surface area (Å²) in [6.07, 6.45) is -0.454. The highest BCUT2D eigenvalue weighted by Crippen LogP contribution is 2.28. The van der Waals surface area contributed by atoms with E-state index in [1.807, 2.05) is 0 Å². The van der Waals surface area contributed by atoms with Crippen molar-refractivity contribution in [2.75, 3.05) is 20.3 Å². The van der Waals surface area contributed by atoms with E-state index in [9.17, 15) is 14.9 Å². The van der Waals surface area contributed by atoms with Crippen LogP contribution in [0, 0.1) is 10.1 Å². The number of thiophene rings is 1. The molecule has 0 aliphatic heterocycles. The van der Waals surface area contributed by atoms with Gasteiger partial charge in [0.05, 0.1) is 22.5 Å². The van der Waals surface area contributed by atoms with Gasteiger partial charge in [-0.05, 0) is 12.1 Å². The van der Waals surface area contributed by atoms with Gasteiger partial charge >= 0.3 is 0 Å². The number of nitrogens with zero attached hydrogens (tertiary/aromatic N) is 1. The molecular weight excluding hydrogens is 296 g/mol. The van der Waals surface area contributed by atoms with Crippen molar-refractivity contribution in [2.24, 2.45) is 0 Å². The van der Waals surface area contributed by atoms with E-state index >= 15 is 0 Å². The Balaban J connectivity index is 2.15. The van der Waals surface area contributed by atoms with Crippen LogP contribution in [-0.2, 0) is 4.74 Å². The molecule has 1 atom stereocenters. The van der Waals surface area contributed by atoms with Gasteiger partial charge in [0.1, 0.15) is 0 Å². The fourth-order valence-electron chi connectivity index (χ4n) is 1.77. The molecular formula is C13H14N2O5S. The van der Waals surface area contributed by atoms with Crippen molar-refractivity contribution in [3.63, 3.8) is 0 Å². The molecule has 1 heterocycles. The minimum Gasteiger partial charge on any atom is -0.394 e. The summed E-state index contributed by atoms with van der Waals surface area (Å²) in [5.74, 6) is -0.297. The average Bonchev–Trinajstić information content (AvgIpc) is 2.91. The zero-order valence-corrected chi connectivity index (χ0v) is 12.1. The van der Waals surface area contributed by atoms with Gasteiger partial charge in [-0.15, -0.1) is 11.3 Å². The van der Waals surface area contributed by atoms with E-state index in [0.717, 1.165) is 4.70 Å². The first-order valence-electron chi connectivity index (χ1n) is 6.15. The minimum atomic E-state index is -0.471. The molecule has 0 aliphatic carbocycles. The first kappa shape index (κ1) is 15.4. The van der Waals surface area contributed by atoms with E-state index in [1.165, 1.54) is 30.6 Å². The molecule has 0 aliphatic rings. The summed E-state index contributed by atoms with van der Waals surface area (Å²) in [6, 6.07) is 6.09. The number of methoxy groups -OCH3 is 1. The molecule has 7 nitrogen and oxygen atoms in total. The van der Waals surface area contributed by atoms with Crippen LogP contribution in [0.4, 0.5) is 5.69 Å². The van der Waals surface area contributed by atoms with Crippen molar-refractivity contribution in [1.82, 2.24) is 5.32 Å². The second kappa shape index (κ2) is 6.61. The summed E-state index contributed by atoms with van der Waals surface area (Å²) >= 11 is 1.25. The molecule has 21 heavy (non-hydrogen) atoms. The van der Waals surface area contributed by atoms with Crippen molar-refractivity contribution < 1.29 is 19.6 Å². The SMILES string of the molecule is COC(CO)CNC(=O)c1cc2cc([N+](=O)[O-])ccc2s1. The molecule has 1 amide bonds. The van der Waals surface area contributed by atoms with Crippen LogP contribution in [0.2, 0.25) is 0 Å². The Bertz CT molecular complexity index is 666. The quantitative estimate of drug-likeness (QED) is 0.622. The number of amides is 1. The molecule has 1 aromatic carbocycles. The highest BCUT2D eigenvalue weighted by atomic mass is 32.1. The zero-order chi connectivity index (χ0) is 15.4. The number of carbonyl (C=O) groups is 1. The predicted octanol–water partition coefficient (Wildman–Crippen LogP) is 1.55. The maximum Gasteiger partial charge on any atom is 0.270 e. The number of nitro groups is 1. The second-order valence-electron chi connectivity index (χ2n) is 4.34. The fourth-order valence-corrected chi connectivity index (χ4v) is 2.73. The normalized spacial score (nSPS) is 12.3. The zero-order valence-electron chi connectivity index (χ0n) is 11.2. The average molecular weight is 310 g/mol. The Morgan fingerprint density at radius 1 is 1.52 bits per heavy atom. The third-order valence-electron chi connectivity index (χ3n) is 2.96. The number of non-ortho nitro benzene ring substituents is 1. The summed E-state index contributed by atoms with van der Waals surface area (Å²) in [4.78, 5) is 22.7. The molecule has 1 unspecified atom stereocenters. The lowest BCUT2D eigenvalue weighted by Gasteiger charge is -2.12. The number of hydrogen-bond donors (Lipinski definition) is 2. The number of aliphatic hydroxyl groups excluding tert-OH is 1. The lowest BCUT2D eigenvalue weighted by Crippen LogP contribution is -2.34. The van der Waals surface area contributed by atoms with Crippen LogP contribution in [0.25, 0.3) is 10.1 Å². The van der Waals surface area contributed by atoms with Gasteiger partial charge in [-0.2, -0.15) is 0 Å². The van der Waals surface area contributed by atoms with Crippen molar-refractivity contribution >= 4 is 33.0 Å². The molecule has 2 aromatic rings. The largest absolute Gasteiger partial charge is 0.394 e. The highest BCUT2D eigenvalue weighted by molar-refractivity contribution is 7.20. The standard InChI is InChI=1S/C13H14N2O5S/c1-20-10(7-16)6-14-13(17)12-5-8-4-9(15(18)19)2-3-11(8)21-12/h2-5,10,16H,6-7H2,1H3,(H,14,17). The molecule has 112 valence electrons. The molecule has 0 spiro atoms. The first-order chi connectivity index (χ1) is 10.0. The predicted molar refractivity (Wildman–Crippen MR) is 78.7 cm³/mol. The number of nitrogens with one attached hydrogen (secondary N) is 1. The van der Waals surface area contributed by atoms with E-state index in [2.05, 4.69) is 5.32 Å². The molecule has 0 radical (unpaired) electrons. The summed E-state index contributed by atoms with van der Waals surface area (Å²) in [6.45, 7) is 0.00954. The lowest BCUT2D eigenvalue weighted by molar-refractivity contribution is -0.384. The van der Waals surface area contributed by atoms with Gasteiger partial charge in [0.15, 0.2) is 0 Å². The highest BCUT2D eigenvalue weighted by Gasteiger charge is 2.14. The summed E-state index contributed by atoms with van der Waals surface area (Å²) in [5.41, 5.74) is -0.00742. The molecule has 8 heteroatoms. The van der Waals surface area contributed by atoms with Crippen LogP contribution in [0.3, 0.4) is 0 Å². The molecule has 0 fully saturated rings. The minimum absolute atomic E-state index is 0.00742. The van der Waals surface area contributed by atoms with Gasteiger partial charge in [-0.25, -0.2) is 0 Å². The summed E-state index contributed by atoms with van der Waals surface area (Å²) in [5, 5.41) is 23.0. The molecule has 0 saturated carbocycles.